The summed E-state index contributed by atoms with van der Waals surface area (Å²) in [7, 11) is 1.42. The molecule has 4 heterocycles. The highest BCUT2D eigenvalue weighted by atomic mass is 19.1. The number of Topliss-reactive ketones (excluding diaryl/α,β-unsaturated/α-hetero) is 1. The van der Waals surface area contributed by atoms with Gasteiger partial charge in [-0.25, -0.2) is 13.6 Å². The Balaban J connectivity index is 1.06. The van der Waals surface area contributed by atoms with Crippen LogP contribution in [0.15, 0.2) is 41.5 Å². The van der Waals surface area contributed by atoms with Gasteiger partial charge in [-0.1, -0.05) is 5.21 Å². The fourth-order valence-corrected chi connectivity index (χ4v) is 6.58. The van der Waals surface area contributed by atoms with Gasteiger partial charge in [-0.3, -0.25) is 24.0 Å². The summed E-state index contributed by atoms with van der Waals surface area (Å²) in [5.74, 6) is -3.85. The third-order valence-electron chi connectivity index (χ3n) is 9.09. The Kier molecular flexibility index (Phi) is 7.50. The van der Waals surface area contributed by atoms with Crippen molar-refractivity contribution in [3.63, 3.8) is 0 Å². The maximum Gasteiger partial charge on any atom is 0.341 e. The van der Waals surface area contributed by atoms with Crippen LogP contribution >= 0.6 is 0 Å². The third-order valence-corrected chi connectivity index (χ3v) is 9.09. The van der Waals surface area contributed by atoms with Crippen LogP contribution in [0.3, 0.4) is 0 Å². The van der Waals surface area contributed by atoms with E-state index in [0.29, 0.717) is 43.1 Å². The third kappa shape index (κ3) is 5.29. The van der Waals surface area contributed by atoms with Crippen molar-refractivity contribution >= 4 is 39.9 Å². The highest BCUT2D eigenvalue weighted by Gasteiger charge is 2.36. The predicted molar refractivity (Wildman–Crippen MR) is 165 cm³/mol. The Morgan fingerprint density at radius 2 is 1.87 bits per heavy atom. The number of ketones is 1. The highest BCUT2D eigenvalue weighted by Crippen LogP contribution is 2.44. The Labute approximate surface area is 266 Å². The number of aromatic nitrogens is 4. The van der Waals surface area contributed by atoms with Crippen molar-refractivity contribution in [1.29, 1.82) is 0 Å². The molecule has 3 aliphatic rings. The van der Waals surface area contributed by atoms with Crippen molar-refractivity contribution in [3.05, 3.63) is 75.3 Å². The number of amides is 1. The Hall–Kier alpha value is -5.18. The van der Waals surface area contributed by atoms with Crippen LogP contribution < -0.4 is 20.0 Å². The second kappa shape index (κ2) is 11.6. The van der Waals surface area contributed by atoms with Crippen LogP contribution in [0.4, 0.5) is 20.2 Å². The second-order valence-electron chi connectivity index (χ2n) is 12.1. The summed E-state index contributed by atoms with van der Waals surface area (Å²) in [6.45, 7) is 4.35. The van der Waals surface area contributed by atoms with Crippen LogP contribution in [0.2, 0.25) is 0 Å². The minimum Gasteiger partial charge on any atom is -0.492 e. The largest absolute Gasteiger partial charge is 0.492 e. The standard InChI is InChI=1S/C32H31F2N7O6/c1-17-13-38(27-24(34)12-22-26(30(27)47-2)41(20-4-5-20)16-23(28(22)42)32(45)46)8-7-37(17)14-19-15-39(36-35-19)9-10-40-25-6-3-18(33)11-21(25)29(43)31(40)44/h3,6,11-12,15-17,20H,4-5,7-10,13-14H2,1-2H3,(H,45,46). The predicted octanol–water partition coefficient (Wildman–Crippen LogP) is 2.85. The van der Waals surface area contributed by atoms with Crippen LogP contribution in [-0.4, -0.2) is 86.6 Å². The number of fused-ring (bicyclic) bond motifs is 2. The average molecular weight is 648 g/mol. The number of anilines is 2. The van der Waals surface area contributed by atoms with E-state index in [9.17, 15) is 28.7 Å². The number of carbonyl (C=O) groups is 3. The van der Waals surface area contributed by atoms with E-state index in [0.717, 1.165) is 25.0 Å². The van der Waals surface area contributed by atoms with E-state index >= 15 is 4.39 Å². The first-order valence-electron chi connectivity index (χ1n) is 15.3. The Bertz CT molecular complexity index is 2020. The van der Waals surface area contributed by atoms with Crippen molar-refractivity contribution in [1.82, 2.24) is 24.5 Å². The van der Waals surface area contributed by atoms with E-state index in [1.807, 2.05) is 11.8 Å². The summed E-state index contributed by atoms with van der Waals surface area (Å²) in [6, 6.07) is 4.78. The molecule has 1 unspecified atom stereocenters. The zero-order valence-electron chi connectivity index (χ0n) is 25.7. The molecule has 13 nitrogen and oxygen atoms in total. The number of hydrogen-bond donors (Lipinski definition) is 1. The molecule has 2 aromatic heterocycles. The van der Waals surface area contributed by atoms with Crippen molar-refractivity contribution in [2.24, 2.45) is 0 Å². The molecule has 2 aromatic carbocycles. The molecule has 7 rings (SSSR count). The van der Waals surface area contributed by atoms with E-state index in [4.69, 9.17) is 4.74 Å². The molecule has 244 valence electrons. The lowest BCUT2D eigenvalue weighted by Gasteiger charge is -2.41. The van der Waals surface area contributed by atoms with E-state index in [-0.39, 0.29) is 47.6 Å². The monoisotopic (exact) mass is 647 g/mol. The van der Waals surface area contributed by atoms with Gasteiger partial charge < -0.3 is 24.2 Å². The Morgan fingerprint density at radius 3 is 2.57 bits per heavy atom. The average Bonchev–Trinajstić information content (AvgIpc) is 3.75. The van der Waals surface area contributed by atoms with Crippen LogP contribution in [0, 0.1) is 11.6 Å². The molecule has 0 spiro atoms. The number of ether oxygens (including phenoxy) is 1. The van der Waals surface area contributed by atoms with Crippen LogP contribution in [0.25, 0.3) is 10.9 Å². The van der Waals surface area contributed by atoms with Gasteiger partial charge in [-0.05, 0) is 44.0 Å². The van der Waals surface area contributed by atoms with Crippen molar-refractivity contribution in [2.45, 2.75) is 44.9 Å². The van der Waals surface area contributed by atoms with Gasteiger partial charge in [0.15, 0.2) is 11.6 Å². The minimum absolute atomic E-state index is 0.00585. The van der Waals surface area contributed by atoms with Crippen molar-refractivity contribution in [3.8, 4) is 5.75 Å². The smallest absolute Gasteiger partial charge is 0.341 e. The number of benzene rings is 2. The van der Waals surface area contributed by atoms with Crippen LogP contribution in [0.1, 0.15) is 52.2 Å². The molecule has 0 radical (unpaired) electrons. The lowest BCUT2D eigenvalue weighted by atomic mass is 10.1. The number of hydrogen-bond acceptors (Lipinski definition) is 9. The van der Waals surface area contributed by atoms with Gasteiger partial charge in [0.25, 0.3) is 11.7 Å². The molecule has 0 bridgehead atoms. The SMILES string of the molecule is COc1c(N2CCN(Cc3cn(CCN4C(=O)C(=O)c5cc(F)ccc54)nn3)C(C)C2)c(F)cc2c(=O)c(C(=O)O)cn(C3CC3)c12. The number of nitrogens with zero attached hydrogens (tertiary/aromatic N) is 7. The zero-order chi connectivity index (χ0) is 33.1. The second-order valence-corrected chi connectivity index (χ2v) is 12.1. The van der Waals surface area contributed by atoms with E-state index in [1.165, 1.54) is 30.3 Å². The highest BCUT2D eigenvalue weighted by molar-refractivity contribution is 6.52. The summed E-state index contributed by atoms with van der Waals surface area (Å²) in [5, 5.41) is 18.0. The number of aromatic carboxylic acids is 1. The lowest BCUT2D eigenvalue weighted by Crippen LogP contribution is -2.51. The Morgan fingerprint density at radius 1 is 1.09 bits per heavy atom. The van der Waals surface area contributed by atoms with E-state index < -0.39 is 40.3 Å². The number of piperazine rings is 1. The molecule has 15 heteroatoms. The van der Waals surface area contributed by atoms with Gasteiger partial charge in [-0.15, -0.1) is 5.10 Å². The van der Waals surface area contributed by atoms with Crippen molar-refractivity contribution in [2.75, 3.05) is 43.1 Å². The summed E-state index contributed by atoms with van der Waals surface area (Å²) < 4.78 is 38.5. The van der Waals surface area contributed by atoms with E-state index in [2.05, 4.69) is 15.2 Å². The van der Waals surface area contributed by atoms with Gasteiger partial charge in [-0.2, -0.15) is 0 Å². The number of halogens is 2. The number of carboxylic acids is 1. The summed E-state index contributed by atoms with van der Waals surface area (Å²) in [5.41, 5.74) is 0.576. The van der Waals surface area contributed by atoms with Gasteiger partial charge in [0.05, 0.1) is 41.5 Å². The zero-order valence-corrected chi connectivity index (χ0v) is 25.7. The van der Waals surface area contributed by atoms with Gasteiger partial charge in [0.1, 0.15) is 17.1 Å². The fourth-order valence-electron chi connectivity index (χ4n) is 6.58. The van der Waals surface area contributed by atoms with Crippen LogP contribution in [0.5, 0.6) is 5.75 Å². The molecular weight excluding hydrogens is 616 g/mol. The molecule has 2 aliphatic heterocycles. The lowest BCUT2D eigenvalue weighted by molar-refractivity contribution is -0.114. The van der Waals surface area contributed by atoms with Crippen molar-refractivity contribution < 1.29 is 33.0 Å². The first-order valence-corrected chi connectivity index (χ1v) is 15.3. The quantitative estimate of drug-likeness (QED) is 0.270. The molecular formula is C32H31F2N7O6. The minimum atomic E-state index is -1.36. The number of pyridine rings is 1. The maximum atomic E-state index is 15.8. The maximum absolute atomic E-state index is 15.8. The molecule has 2 fully saturated rings. The molecule has 1 N–H and O–H groups in total. The number of carboxylic acid groups (broad SMARTS) is 1. The fraction of sp³-hybridized carbons (Fsp3) is 0.375. The summed E-state index contributed by atoms with van der Waals surface area (Å²) in [4.78, 5) is 55.0. The van der Waals surface area contributed by atoms with E-state index in [1.54, 1.807) is 15.4 Å². The molecule has 1 aliphatic carbocycles. The summed E-state index contributed by atoms with van der Waals surface area (Å²) >= 11 is 0. The normalized spacial score (nSPS) is 18.3. The first kappa shape index (κ1) is 30.5. The first-order chi connectivity index (χ1) is 22.5. The molecule has 1 amide bonds. The number of carbonyl (C=O) groups excluding carboxylic acids is 2. The van der Waals surface area contributed by atoms with Gasteiger partial charge in [0.2, 0.25) is 5.43 Å². The molecule has 1 saturated carbocycles. The van der Waals surface area contributed by atoms with Gasteiger partial charge in [0, 0.05) is 57.2 Å². The molecule has 4 aromatic rings. The number of methoxy groups -OCH3 is 1. The van der Waals surface area contributed by atoms with Crippen LogP contribution in [-0.2, 0) is 17.9 Å². The molecule has 1 atom stereocenters. The molecule has 1 saturated heterocycles. The van der Waals surface area contributed by atoms with Gasteiger partial charge >= 0.3 is 5.97 Å². The summed E-state index contributed by atoms with van der Waals surface area (Å²) in [6.07, 6.45) is 4.74. The number of rotatable bonds is 9. The molecule has 47 heavy (non-hydrogen) atoms. The topological polar surface area (TPSA) is 143 Å².